The van der Waals surface area contributed by atoms with Crippen molar-refractivity contribution < 1.29 is 26.4 Å². The molecule has 1 aromatic heterocycles. The Balaban J connectivity index is 1.69. The van der Waals surface area contributed by atoms with Gasteiger partial charge in [-0.15, -0.1) is 0 Å². The van der Waals surface area contributed by atoms with Gasteiger partial charge in [0.25, 0.3) is 5.91 Å². The van der Waals surface area contributed by atoms with Crippen molar-refractivity contribution in [2.24, 2.45) is 11.3 Å². The second kappa shape index (κ2) is 6.54. The zero-order valence-electron chi connectivity index (χ0n) is 17.2. The summed E-state index contributed by atoms with van der Waals surface area (Å²) in [5, 5.41) is 0. The number of piperidine rings is 1. The molecular formula is C19H25F3N4O3S. The number of anilines is 1. The number of rotatable bonds is 2. The Labute approximate surface area is 173 Å². The Bertz CT molecular complexity index is 981. The van der Waals surface area contributed by atoms with Crippen molar-refractivity contribution in [1.82, 2.24) is 14.9 Å². The van der Waals surface area contributed by atoms with E-state index in [4.69, 9.17) is 0 Å². The second-order valence-corrected chi connectivity index (χ2v) is 11.5. The summed E-state index contributed by atoms with van der Waals surface area (Å²) in [6, 6.07) is 0. The van der Waals surface area contributed by atoms with Gasteiger partial charge in [-0.1, -0.05) is 13.8 Å². The summed E-state index contributed by atoms with van der Waals surface area (Å²) in [6.45, 7) is 6.58. The van der Waals surface area contributed by atoms with Crippen molar-refractivity contribution in [1.29, 1.82) is 0 Å². The molecule has 0 aromatic carbocycles. The summed E-state index contributed by atoms with van der Waals surface area (Å²) in [4.78, 5) is 23.7. The van der Waals surface area contributed by atoms with E-state index in [1.54, 1.807) is 0 Å². The molecule has 1 saturated carbocycles. The molecule has 2 aliphatic heterocycles. The lowest BCUT2D eigenvalue weighted by Crippen LogP contribution is -2.49. The van der Waals surface area contributed by atoms with E-state index in [1.165, 1.54) is 0 Å². The van der Waals surface area contributed by atoms with Gasteiger partial charge < -0.3 is 9.80 Å². The average Bonchev–Trinajstić information content (AvgIpc) is 2.99. The molecule has 4 rings (SSSR count). The molecule has 1 aromatic rings. The van der Waals surface area contributed by atoms with E-state index in [0.29, 0.717) is 12.5 Å². The number of carbonyl (C=O) groups excluding carboxylic acids is 1. The number of halogens is 3. The van der Waals surface area contributed by atoms with Gasteiger partial charge in [-0.3, -0.25) is 4.79 Å². The Kier molecular flexibility index (Phi) is 4.65. The molecule has 166 valence electrons. The highest BCUT2D eigenvalue weighted by molar-refractivity contribution is 7.91. The number of fused-ring (bicyclic) bond motifs is 2. The highest BCUT2D eigenvalue weighted by Gasteiger charge is 2.61. The molecule has 3 heterocycles. The zero-order chi connectivity index (χ0) is 22.1. The number of carbonyl (C=O) groups is 1. The third kappa shape index (κ3) is 3.16. The van der Waals surface area contributed by atoms with Gasteiger partial charge in [0.05, 0.1) is 17.1 Å². The summed E-state index contributed by atoms with van der Waals surface area (Å²) in [7, 11) is -3.26. The molecule has 7 nitrogen and oxygen atoms in total. The minimum Gasteiger partial charge on any atom is -0.336 e. The number of hydrogen-bond donors (Lipinski definition) is 0. The highest BCUT2D eigenvalue weighted by atomic mass is 32.2. The van der Waals surface area contributed by atoms with Crippen LogP contribution in [-0.4, -0.2) is 65.9 Å². The standard InChI is InChI=1S/C19H25F3N4O3S/c1-17(2)12-4-5-18(17,3)26(11-12)16-23-10-13(14(24-16)19(20,21)22)15(27)25-6-8-30(28,29)9-7-25/h10,12H,4-9,11H2,1-3H3/t12-,18+/m0/s1. The normalized spacial score (nSPS) is 30.0. The quantitative estimate of drug-likeness (QED) is 0.694. The van der Waals surface area contributed by atoms with E-state index in [-0.39, 0.29) is 41.5 Å². The fourth-order valence-corrected chi connectivity index (χ4v) is 6.27. The topological polar surface area (TPSA) is 83.5 Å². The molecule has 30 heavy (non-hydrogen) atoms. The summed E-state index contributed by atoms with van der Waals surface area (Å²) in [5.41, 5.74) is -2.34. The van der Waals surface area contributed by atoms with Crippen LogP contribution in [0.15, 0.2) is 6.20 Å². The smallest absolute Gasteiger partial charge is 0.336 e. The molecule has 2 atom stereocenters. The molecule has 0 N–H and O–H groups in total. The maximum atomic E-state index is 13.8. The predicted molar refractivity (Wildman–Crippen MR) is 104 cm³/mol. The summed E-state index contributed by atoms with van der Waals surface area (Å²) in [6.07, 6.45) is -2.03. The van der Waals surface area contributed by atoms with Crippen LogP contribution >= 0.6 is 0 Å². The van der Waals surface area contributed by atoms with Crippen molar-refractivity contribution in [2.75, 3.05) is 36.0 Å². The number of alkyl halides is 3. The number of amides is 1. The molecule has 2 bridgehead atoms. The van der Waals surface area contributed by atoms with Crippen molar-refractivity contribution in [3.05, 3.63) is 17.5 Å². The van der Waals surface area contributed by atoms with Crippen LogP contribution in [0.3, 0.4) is 0 Å². The van der Waals surface area contributed by atoms with E-state index in [0.717, 1.165) is 23.9 Å². The van der Waals surface area contributed by atoms with Gasteiger partial charge in [-0.2, -0.15) is 13.2 Å². The molecular weight excluding hydrogens is 421 g/mol. The molecule has 1 amide bonds. The highest BCUT2D eigenvalue weighted by Crippen LogP contribution is 2.59. The van der Waals surface area contributed by atoms with Gasteiger partial charge in [0.1, 0.15) is 0 Å². The van der Waals surface area contributed by atoms with E-state index < -0.39 is 33.2 Å². The van der Waals surface area contributed by atoms with Crippen LogP contribution in [0, 0.1) is 11.3 Å². The van der Waals surface area contributed by atoms with Crippen molar-refractivity contribution in [3.63, 3.8) is 0 Å². The molecule has 2 saturated heterocycles. The lowest BCUT2D eigenvalue weighted by Gasteiger charge is -2.41. The molecule has 3 aliphatic rings. The number of sulfone groups is 1. The lowest BCUT2D eigenvalue weighted by molar-refractivity contribution is -0.141. The van der Waals surface area contributed by atoms with Crippen molar-refractivity contribution in [2.45, 2.75) is 45.3 Å². The molecule has 11 heteroatoms. The van der Waals surface area contributed by atoms with E-state index in [2.05, 4.69) is 23.8 Å². The second-order valence-electron chi connectivity index (χ2n) is 9.22. The molecule has 3 fully saturated rings. The minimum atomic E-state index is -4.83. The predicted octanol–water partition coefficient (Wildman–Crippen LogP) is 2.38. The van der Waals surface area contributed by atoms with Gasteiger partial charge in [0.2, 0.25) is 5.95 Å². The van der Waals surface area contributed by atoms with Gasteiger partial charge in [-0.25, -0.2) is 18.4 Å². The Morgan fingerprint density at radius 3 is 2.33 bits per heavy atom. The van der Waals surface area contributed by atoms with Crippen LogP contribution in [0.2, 0.25) is 0 Å². The van der Waals surface area contributed by atoms with Crippen LogP contribution in [0.25, 0.3) is 0 Å². The van der Waals surface area contributed by atoms with Gasteiger partial charge in [0, 0.05) is 31.4 Å². The Hall–Kier alpha value is -1.91. The summed E-state index contributed by atoms with van der Waals surface area (Å²) in [5.74, 6) is -1.09. The van der Waals surface area contributed by atoms with Crippen LogP contribution in [0.1, 0.15) is 49.7 Å². The molecule has 1 aliphatic carbocycles. The maximum Gasteiger partial charge on any atom is 0.434 e. The van der Waals surface area contributed by atoms with E-state index in [9.17, 15) is 26.4 Å². The van der Waals surface area contributed by atoms with Crippen LogP contribution in [-0.2, 0) is 16.0 Å². The molecule has 0 unspecified atom stereocenters. The van der Waals surface area contributed by atoms with Crippen LogP contribution in [0.5, 0.6) is 0 Å². The zero-order valence-corrected chi connectivity index (χ0v) is 18.0. The van der Waals surface area contributed by atoms with Gasteiger partial charge >= 0.3 is 6.18 Å². The minimum absolute atomic E-state index is 0.0159. The largest absolute Gasteiger partial charge is 0.434 e. The van der Waals surface area contributed by atoms with Crippen molar-refractivity contribution >= 4 is 21.7 Å². The first-order valence-corrected chi connectivity index (χ1v) is 11.8. The Morgan fingerprint density at radius 2 is 1.83 bits per heavy atom. The first-order chi connectivity index (χ1) is 13.8. The van der Waals surface area contributed by atoms with E-state index in [1.807, 2.05) is 11.8 Å². The summed E-state index contributed by atoms with van der Waals surface area (Å²) >= 11 is 0. The van der Waals surface area contributed by atoms with E-state index >= 15 is 0 Å². The van der Waals surface area contributed by atoms with Crippen molar-refractivity contribution in [3.8, 4) is 0 Å². The number of aromatic nitrogens is 2. The summed E-state index contributed by atoms with van der Waals surface area (Å²) < 4.78 is 64.6. The maximum absolute atomic E-state index is 13.8. The first kappa shape index (κ1) is 21.3. The fourth-order valence-electron chi connectivity index (χ4n) is 5.07. The lowest BCUT2D eigenvalue weighted by atomic mass is 9.75. The van der Waals surface area contributed by atoms with Gasteiger partial charge in [-0.05, 0) is 31.1 Å². The van der Waals surface area contributed by atoms with Crippen LogP contribution < -0.4 is 4.90 Å². The average molecular weight is 446 g/mol. The number of hydrogen-bond acceptors (Lipinski definition) is 6. The van der Waals surface area contributed by atoms with Crippen LogP contribution in [0.4, 0.5) is 19.1 Å². The molecule has 0 radical (unpaired) electrons. The monoisotopic (exact) mass is 446 g/mol. The third-order valence-corrected chi connectivity index (χ3v) is 9.14. The first-order valence-electron chi connectivity index (χ1n) is 9.98. The SMILES string of the molecule is CC1(C)[C@H]2CC[C@@]1(C)N(c1ncc(C(=O)N3CCS(=O)(=O)CC3)c(C(F)(F)F)n1)C2. The molecule has 0 spiro atoms. The van der Waals surface area contributed by atoms with Gasteiger partial charge in [0.15, 0.2) is 15.5 Å². The number of nitrogens with zero attached hydrogens (tertiary/aromatic N) is 4. The third-order valence-electron chi connectivity index (χ3n) is 7.54. The fraction of sp³-hybridized carbons (Fsp3) is 0.737. The Morgan fingerprint density at radius 1 is 1.20 bits per heavy atom.